The Morgan fingerprint density at radius 1 is 1.29 bits per heavy atom. The second kappa shape index (κ2) is 5.59. The summed E-state index contributed by atoms with van der Waals surface area (Å²) >= 11 is 0. The van der Waals surface area contributed by atoms with Crippen LogP contribution in [0.1, 0.15) is 49.8 Å². The lowest BCUT2D eigenvalue weighted by Crippen LogP contribution is -2.52. The third kappa shape index (κ3) is 3.62. The largest absolute Gasteiger partial charge is 0.339 e. The topological polar surface area (TPSA) is 101 Å². The van der Waals surface area contributed by atoms with Crippen LogP contribution in [0.3, 0.4) is 0 Å². The standard InChI is InChI=1S/C14H18N4O3/c1-14(2,3)10-7-15-9(6-16-10)13(21)17-8-4-5-11(19)18-12(8)20/h6-8H,4-5H2,1-3H3,(H,17,21)(H,18,19,20). The molecule has 1 aliphatic rings. The molecule has 7 nitrogen and oxygen atoms in total. The maximum atomic E-state index is 12.0. The van der Waals surface area contributed by atoms with Crippen LogP contribution >= 0.6 is 0 Å². The van der Waals surface area contributed by atoms with Gasteiger partial charge in [-0.3, -0.25) is 24.7 Å². The fraction of sp³-hybridized carbons (Fsp3) is 0.500. The van der Waals surface area contributed by atoms with Gasteiger partial charge in [-0.25, -0.2) is 4.98 Å². The highest BCUT2D eigenvalue weighted by Gasteiger charge is 2.28. The Kier molecular flexibility index (Phi) is 4.02. The van der Waals surface area contributed by atoms with Crippen LogP contribution in [0, 0.1) is 0 Å². The minimum Gasteiger partial charge on any atom is -0.339 e. The van der Waals surface area contributed by atoms with Gasteiger partial charge in [-0.1, -0.05) is 20.8 Å². The minimum absolute atomic E-state index is 0.146. The quantitative estimate of drug-likeness (QED) is 0.763. The molecule has 2 N–H and O–H groups in total. The van der Waals surface area contributed by atoms with Crippen molar-refractivity contribution in [1.82, 2.24) is 20.6 Å². The molecular formula is C14H18N4O3. The second-order valence-corrected chi connectivity index (χ2v) is 6.01. The molecule has 0 saturated carbocycles. The number of hydrogen-bond donors (Lipinski definition) is 2. The molecule has 1 aromatic heterocycles. The fourth-order valence-electron chi connectivity index (χ4n) is 1.90. The number of piperidine rings is 1. The van der Waals surface area contributed by atoms with Crippen molar-refractivity contribution >= 4 is 17.7 Å². The Hall–Kier alpha value is -2.31. The van der Waals surface area contributed by atoms with Gasteiger partial charge in [-0.05, 0) is 6.42 Å². The van der Waals surface area contributed by atoms with Crippen molar-refractivity contribution in [2.75, 3.05) is 0 Å². The number of rotatable bonds is 2. The Bertz CT molecular complexity index is 575. The highest BCUT2D eigenvalue weighted by atomic mass is 16.2. The molecule has 21 heavy (non-hydrogen) atoms. The van der Waals surface area contributed by atoms with Crippen molar-refractivity contribution in [2.24, 2.45) is 0 Å². The third-order valence-corrected chi connectivity index (χ3v) is 3.20. The van der Waals surface area contributed by atoms with Crippen molar-refractivity contribution in [2.45, 2.75) is 45.1 Å². The molecule has 7 heteroatoms. The van der Waals surface area contributed by atoms with Crippen molar-refractivity contribution in [3.05, 3.63) is 23.8 Å². The molecule has 1 fully saturated rings. The van der Waals surface area contributed by atoms with Crippen LogP contribution in [0.2, 0.25) is 0 Å². The van der Waals surface area contributed by atoms with Gasteiger partial charge in [-0.15, -0.1) is 0 Å². The van der Waals surface area contributed by atoms with Gasteiger partial charge >= 0.3 is 0 Å². The molecule has 1 atom stereocenters. The van der Waals surface area contributed by atoms with E-state index in [2.05, 4.69) is 20.6 Å². The van der Waals surface area contributed by atoms with E-state index in [1.54, 1.807) is 6.20 Å². The van der Waals surface area contributed by atoms with Crippen LogP contribution in [0.15, 0.2) is 12.4 Å². The average Bonchev–Trinajstić information content (AvgIpc) is 2.41. The summed E-state index contributed by atoms with van der Waals surface area (Å²) in [4.78, 5) is 42.9. The van der Waals surface area contributed by atoms with Crippen LogP contribution in [-0.4, -0.2) is 33.7 Å². The van der Waals surface area contributed by atoms with Gasteiger partial charge < -0.3 is 5.32 Å². The first-order chi connectivity index (χ1) is 9.77. The molecule has 2 heterocycles. The Morgan fingerprint density at radius 2 is 2.00 bits per heavy atom. The van der Waals surface area contributed by atoms with Gasteiger partial charge in [0.15, 0.2) is 0 Å². The second-order valence-electron chi connectivity index (χ2n) is 6.01. The number of amides is 3. The predicted molar refractivity (Wildman–Crippen MR) is 74.4 cm³/mol. The maximum absolute atomic E-state index is 12.0. The van der Waals surface area contributed by atoms with E-state index >= 15 is 0 Å². The van der Waals surface area contributed by atoms with E-state index in [4.69, 9.17) is 0 Å². The Morgan fingerprint density at radius 3 is 2.52 bits per heavy atom. The van der Waals surface area contributed by atoms with Crippen LogP contribution < -0.4 is 10.6 Å². The number of carbonyl (C=O) groups is 3. The van der Waals surface area contributed by atoms with Crippen molar-refractivity contribution in [1.29, 1.82) is 0 Å². The first kappa shape index (κ1) is 15.1. The number of nitrogens with zero attached hydrogens (tertiary/aromatic N) is 2. The third-order valence-electron chi connectivity index (χ3n) is 3.20. The number of hydrogen-bond acceptors (Lipinski definition) is 5. The number of carbonyl (C=O) groups excluding carboxylic acids is 3. The summed E-state index contributed by atoms with van der Waals surface area (Å²) in [5.74, 6) is -1.28. The molecule has 1 unspecified atom stereocenters. The molecule has 0 bridgehead atoms. The van der Waals surface area contributed by atoms with E-state index in [0.29, 0.717) is 6.42 Å². The van der Waals surface area contributed by atoms with E-state index in [9.17, 15) is 14.4 Å². The molecule has 2 rings (SSSR count). The minimum atomic E-state index is -0.709. The lowest BCUT2D eigenvalue weighted by molar-refractivity contribution is -0.134. The van der Waals surface area contributed by atoms with Crippen LogP contribution in [0.5, 0.6) is 0 Å². The zero-order valence-corrected chi connectivity index (χ0v) is 12.3. The lowest BCUT2D eigenvalue weighted by Gasteiger charge is -2.21. The summed E-state index contributed by atoms with van der Waals surface area (Å²) < 4.78 is 0. The summed E-state index contributed by atoms with van der Waals surface area (Å²) in [6.45, 7) is 6.00. The van der Waals surface area contributed by atoms with Crippen LogP contribution in [-0.2, 0) is 15.0 Å². The zero-order chi connectivity index (χ0) is 15.6. The van der Waals surface area contributed by atoms with Crippen molar-refractivity contribution in [3.8, 4) is 0 Å². The average molecular weight is 290 g/mol. The highest BCUT2D eigenvalue weighted by Crippen LogP contribution is 2.18. The van der Waals surface area contributed by atoms with Crippen LogP contribution in [0.25, 0.3) is 0 Å². The van der Waals surface area contributed by atoms with E-state index in [1.807, 2.05) is 20.8 Å². The van der Waals surface area contributed by atoms with Gasteiger partial charge in [-0.2, -0.15) is 0 Å². The van der Waals surface area contributed by atoms with Gasteiger partial charge in [0.05, 0.1) is 11.9 Å². The first-order valence-corrected chi connectivity index (χ1v) is 6.74. The predicted octanol–water partition coefficient (Wildman–Crippen LogP) is 0.309. The molecule has 0 aliphatic carbocycles. The fourth-order valence-corrected chi connectivity index (χ4v) is 1.90. The van der Waals surface area contributed by atoms with Crippen molar-refractivity contribution < 1.29 is 14.4 Å². The number of nitrogens with one attached hydrogen (secondary N) is 2. The molecule has 0 radical (unpaired) electrons. The lowest BCUT2D eigenvalue weighted by atomic mass is 9.93. The van der Waals surface area contributed by atoms with E-state index in [-0.39, 0.29) is 23.4 Å². The van der Waals surface area contributed by atoms with Gasteiger partial charge in [0.1, 0.15) is 11.7 Å². The van der Waals surface area contributed by atoms with E-state index in [1.165, 1.54) is 6.20 Å². The zero-order valence-electron chi connectivity index (χ0n) is 12.3. The molecular weight excluding hydrogens is 272 g/mol. The van der Waals surface area contributed by atoms with E-state index in [0.717, 1.165) is 5.69 Å². The van der Waals surface area contributed by atoms with Gasteiger partial charge in [0.2, 0.25) is 11.8 Å². The summed E-state index contributed by atoms with van der Waals surface area (Å²) in [6.07, 6.45) is 3.45. The SMILES string of the molecule is CC(C)(C)c1cnc(C(=O)NC2CCC(=O)NC2=O)cn1. The highest BCUT2D eigenvalue weighted by molar-refractivity contribution is 6.03. The summed E-state index contributed by atoms with van der Waals surface area (Å²) in [5.41, 5.74) is 0.777. The van der Waals surface area contributed by atoms with Gasteiger partial charge in [0, 0.05) is 18.0 Å². The number of imide groups is 1. The molecule has 1 aliphatic heterocycles. The molecule has 112 valence electrons. The summed E-state index contributed by atoms with van der Waals surface area (Å²) in [7, 11) is 0. The van der Waals surface area contributed by atoms with Gasteiger partial charge in [0.25, 0.3) is 5.91 Å². The normalized spacial score (nSPS) is 19.1. The maximum Gasteiger partial charge on any atom is 0.272 e. The van der Waals surface area contributed by atoms with Crippen LogP contribution in [0.4, 0.5) is 0 Å². The molecule has 0 aromatic carbocycles. The smallest absolute Gasteiger partial charge is 0.272 e. The monoisotopic (exact) mass is 290 g/mol. The number of aromatic nitrogens is 2. The molecule has 1 saturated heterocycles. The Balaban J connectivity index is 2.04. The molecule has 3 amide bonds. The van der Waals surface area contributed by atoms with E-state index < -0.39 is 17.9 Å². The Labute approximate surface area is 122 Å². The first-order valence-electron chi connectivity index (χ1n) is 6.74. The molecule has 0 spiro atoms. The molecule has 1 aromatic rings. The summed E-state index contributed by atoms with van der Waals surface area (Å²) in [5, 5.41) is 4.74. The summed E-state index contributed by atoms with van der Waals surface area (Å²) in [6, 6.07) is -0.709. The van der Waals surface area contributed by atoms with Crippen molar-refractivity contribution in [3.63, 3.8) is 0 Å².